The lowest BCUT2D eigenvalue weighted by Gasteiger charge is -2.19. The zero-order valence-corrected chi connectivity index (χ0v) is 11.2. The molecule has 0 fully saturated rings. The molecule has 0 saturated heterocycles. The molecule has 0 spiro atoms. The second-order valence-electron chi connectivity index (χ2n) is 4.99. The fourth-order valence-electron chi connectivity index (χ4n) is 1.32. The van der Waals surface area contributed by atoms with Gasteiger partial charge in [0.2, 0.25) is 0 Å². The third kappa shape index (κ3) is 6.55. The minimum atomic E-state index is -0.639. The first-order valence-corrected chi connectivity index (χ1v) is 5.86. The Morgan fingerprint density at radius 3 is 2.37 bits per heavy atom. The van der Waals surface area contributed by atoms with Crippen molar-refractivity contribution < 1.29 is 18.3 Å². The number of nitrogens with one attached hydrogen (secondary N) is 1. The molecule has 0 bridgehead atoms. The van der Waals surface area contributed by atoms with Crippen LogP contribution in [0.5, 0.6) is 0 Å². The molecule has 0 aliphatic rings. The average Bonchev–Trinajstić information content (AvgIpc) is 2.20. The van der Waals surface area contributed by atoms with Gasteiger partial charge < -0.3 is 10.1 Å². The van der Waals surface area contributed by atoms with E-state index in [1.807, 2.05) is 0 Å². The van der Waals surface area contributed by atoms with Gasteiger partial charge in [-0.05, 0) is 38.5 Å². The molecule has 0 aliphatic carbocycles. The first-order valence-electron chi connectivity index (χ1n) is 5.86. The molecular formula is C14H17F2NO2. The number of hydrogen-bond donors (Lipinski definition) is 1. The third-order valence-corrected chi connectivity index (χ3v) is 1.96. The van der Waals surface area contributed by atoms with Crippen LogP contribution in [0.2, 0.25) is 0 Å². The van der Waals surface area contributed by atoms with Gasteiger partial charge in [-0.3, -0.25) is 0 Å². The van der Waals surface area contributed by atoms with Gasteiger partial charge in [0, 0.05) is 12.6 Å². The number of amides is 1. The molecule has 19 heavy (non-hydrogen) atoms. The molecule has 0 atom stereocenters. The number of carbonyl (C=O) groups is 1. The van der Waals surface area contributed by atoms with E-state index in [1.165, 1.54) is 18.2 Å². The van der Waals surface area contributed by atoms with Crippen LogP contribution in [-0.2, 0) is 4.74 Å². The Kier molecular flexibility index (Phi) is 5.03. The summed E-state index contributed by atoms with van der Waals surface area (Å²) in [5.41, 5.74) is -0.164. The molecule has 0 aliphatic heterocycles. The molecule has 1 amide bonds. The van der Waals surface area contributed by atoms with Crippen molar-refractivity contribution in [2.45, 2.75) is 26.4 Å². The topological polar surface area (TPSA) is 38.3 Å². The molecule has 1 N–H and O–H groups in total. The van der Waals surface area contributed by atoms with Crippen molar-refractivity contribution in [1.29, 1.82) is 0 Å². The number of ether oxygens (including phenoxy) is 1. The normalized spacial score (nSPS) is 11.6. The Hall–Kier alpha value is -1.91. The van der Waals surface area contributed by atoms with E-state index in [1.54, 1.807) is 26.8 Å². The van der Waals surface area contributed by atoms with Gasteiger partial charge in [0.05, 0.1) is 0 Å². The van der Waals surface area contributed by atoms with Crippen LogP contribution in [0.15, 0.2) is 24.3 Å². The van der Waals surface area contributed by atoms with Crippen molar-refractivity contribution >= 4 is 12.2 Å². The molecule has 5 heteroatoms. The summed E-state index contributed by atoms with van der Waals surface area (Å²) in [5, 5.41) is 2.50. The highest BCUT2D eigenvalue weighted by Crippen LogP contribution is 2.09. The quantitative estimate of drug-likeness (QED) is 0.912. The monoisotopic (exact) mass is 269 g/mol. The van der Waals surface area contributed by atoms with Gasteiger partial charge in [-0.15, -0.1) is 0 Å². The van der Waals surface area contributed by atoms with Gasteiger partial charge in [0.15, 0.2) is 0 Å². The fourth-order valence-corrected chi connectivity index (χ4v) is 1.32. The molecule has 0 saturated carbocycles. The molecule has 0 radical (unpaired) electrons. The average molecular weight is 269 g/mol. The predicted octanol–water partition coefficient (Wildman–Crippen LogP) is 3.50. The Morgan fingerprint density at radius 1 is 1.26 bits per heavy atom. The summed E-state index contributed by atoms with van der Waals surface area (Å²) >= 11 is 0. The molecule has 1 rings (SSSR count). The maximum Gasteiger partial charge on any atom is 0.407 e. The van der Waals surface area contributed by atoms with E-state index in [0.717, 1.165) is 6.07 Å². The van der Waals surface area contributed by atoms with Crippen LogP contribution in [-0.4, -0.2) is 18.2 Å². The fraction of sp³-hybridized carbons (Fsp3) is 0.357. The van der Waals surface area contributed by atoms with Crippen molar-refractivity contribution in [1.82, 2.24) is 5.32 Å². The third-order valence-electron chi connectivity index (χ3n) is 1.96. The highest BCUT2D eigenvalue weighted by atomic mass is 19.1. The smallest absolute Gasteiger partial charge is 0.407 e. The molecule has 0 heterocycles. The maximum atomic E-state index is 12.9. The van der Waals surface area contributed by atoms with Crippen LogP contribution in [0.3, 0.4) is 0 Å². The summed E-state index contributed by atoms with van der Waals surface area (Å²) in [6.07, 6.45) is 2.56. The van der Waals surface area contributed by atoms with Crippen molar-refractivity contribution in [3.05, 3.63) is 41.5 Å². The first kappa shape index (κ1) is 15.1. The summed E-state index contributed by atoms with van der Waals surface area (Å²) < 4.78 is 30.8. The Balaban J connectivity index is 2.44. The largest absolute Gasteiger partial charge is 0.444 e. The molecule has 0 unspecified atom stereocenters. The zero-order chi connectivity index (χ0) is 14.5. The summed E-state index contributed by atoms with van der Waals surface area (Å²) in [6.45, 7) is 5.50. The van der Waals surface area contributed by atoms with E-state index in [-0.39, 0.29) is 6.54 Å². The number of alkyl carbamates (subject to hydrolysis) is 1. The SMILES string of the molecule is CC(C)(C)OC(=O)NCC=Cc1cc(F)cc(F)c1. The van der Waals surface area contributed by atoms with Crippen LogP contribution in [0.1, 0.15) is 26.3 Å². The van der Waals surface area contributed by atoms with Gasteiger partial charge in [0.1, 0.15) is 17.2 Å². The van der Waals surface area contributed by atoms with E-state index in [2.05, 4.69) is 5.32 Å². The summed E-state index contributed by atoms with van der Waals surface area (Å²) in [5.74, 6) is -1.28. The summed E-state index contributed by atoms with van der Waals surface area (Å²) in [4.78, 5) is 11.3. The lowest BCUT2D eigenvalue weighted by molar-refractivity contribution is 0.0534. The Labute approximate surface area is 111 Å². The van der Waals surface area contributed by atoms with Crippen molar-refractivity contribution in [2.75, 3.05) is 6.54 Å². The summed E-state index contributed by atoms with van der Waals surface area (Å²) in [6, 6.07) is 3.20. The lowest BCUT2D eigenvalue weighted by atomic mass is 10.2. The lowest BCUT2D eigenvalue weighted by Crippen LogP contribution is -2.32. The van der Waals surface area contributed by atoms with Crippen LogP contribution >= 0.6 is 0 Å². The molecule has 1 aromatic carbocycles. The van der Waals surface area contributed by atoms with Crippen LogP contribution in [0.25, 0.3) is 6.08 Å². The number of halogens is 2. The highest BCUT2D eigenvalue weighted by Gasteiger charge is 2.14. The van der Waals surface area contributed by atoms with Crippen LogP contribution in [0, 0.1) is 11.6 Å². The first-order chi connectivity index (χ1) is 8.76. The van der Waals surface area contributed by atoms with E-state index in [4.69, 9.17) is 4.74 Å². The molecule has 104 valence electrons. The number of rotatable bonds is 3. The Bertz CT molecular complexity index is 459. The second kappa shape index (κ2) is 6.31. The molecular weight excluding hydrogens is 252 g/mol. The van der Waals surface area contributed by atoms with Crippen molar-refractivity contribution in [3.63, 3.8) is 0 Å². The highest BCUT2D eigenvalue weighted by molar-refractivity contribution is 5.68. The van der Waals surface area contributed by atoms with Gasteiger partial charge in [0.25, 0.3) is 0 Å². The number of hydrogen-bond acceptors (Lipinski definition) is 2. The van der Waals surface area contributed by atoms with E-state index in [0.29, 0.717) is 5.56 Å². The minimum absolute atomic E-state index is 0.215. The van der Waals surface area contributed by atoms with Crippen LogP contribution in [0.4, 0.5) is 13.6 Å². The van der Waals surface area contributed by atoms with Gasteiger partial charge in [-0.2, -0.15) is 0 Å². The van der Waals surface area contributed by atoms with Gasteiger partial charge in [-0.1, -0.05) is 12.2 Å². The predicted molar refractivity (Wildman–Crippen MR) is 69.6 cm³/mol. The zero-order valence-electron chi connectivity index (χ0n) is 11.2. The molecule has 0 aromatic heterocycles. The van der Waals surface area contributed by atoms with E-state index < -0.39 is 23.3 Å². The van der Waals surface area contributed by atoms with Gasteiger partial charge in [-0.25, -0.2) is 13.6 Å². The van der Waals surface area contributed by atoms with E-state index >= 15 is 0 Å². The van der Waals surface area contributed by atoms with Crippen molar-refractivity contribution in [2.24, 2.45) is 0 Å². The number of carbonyl (C=O) groups excluding carboxylic acids is 1. The van der Waals surface area contributed by atoms with E-state index in [9.17, 15) is 13.6 Å². The number of benzene rings is 1. The van der Waals surface area contributed by atoms with Crippen LogP contribution < -0.4 is 5.32 Å². The van der Waals surface area contributed by atoms with Crippen molar-refractivity contribution in [3.8, 4) is 0 Å². The maximum absolute atomic E-state index is 12.9. The molecule has 1 aromatic rings. The summed E-state index contributed by atoms with van der Waals surface area (Å²) in [7, 11) is 0. The second-order valence-corrected chi connectivity index (χ2v) is 4.99. The van der Waals surface area contributed by atoms with Gasteiger partial charge >= 0.3 is 6.09 Å². The standard InChI is InChI=1S/C14H17F2NO2/c1-14(2,3)19-13(18)17-6-4-5-10-7-11(15)9-12(16)8-10/h4-5,7-9H,6H2,1-3H3,(H,17,18). The minimum Gasteiger partial charge on any atom is -0.444 e. The Morgan fingerprint density at radius 2 is 1.84 bits per heavy atom. The molecule has 3 nitrogen and oxygen atoms in total.